The number of benzene rings is 2. The number of hydrogen-bond acceptors (Lipinski definition) is 6. The number of nitro groups is 1. The minimum atomic E-state index is -0.468. The van der Waals surface area contributed by atoms with Crippen molar-refractivity contribution < 1.29 is 9.34 Å². The molecule has 0 fully saturated rings. The van der Waals surface area contributed by atoms with Crippen molar-refractivity contribution in [3.8, 4) is 0 Å². The summed E-state index contributed by atoms with van der Waals surface area (Å²) in [6.45, 7) is 0. The number of nitrogens with zero attached hydrogens (tertiary/aromatic N) is 3. The lowest BCUT2D eigenvalue weighted by molar-refractivity contribution is -0.384. The molecule has 0 saturated heterocycles. The lowest BCUT2D eigenvalue weighted by Gasteiger charge is -2.30. The number of rotatable bonds is 3. The van der Waals surface area contributed by atoms with Crippen LogP contribution in [-0.2, 0) is 6.42 Å². The van der Waals surface area contributed by atoms with Crippen LogP contribution in [-0.4, -0.2) is 9.49 Å². The standard InChI is InChI=1S/C25H16BrN3O4S/c26-21-11-9-17(33-21)13-20-24(30)28-23(15-5-3-6-16(12-15)29(31)32)19-10-8-14-4-1-2-7-18(14)22(19)27-25(28)34-20/h1-7,9,11-13,23H,8,10H2/b20-13+/t23-/m0/s1. The maximum atomic E-state index is 13.6. The second-order valence-corrected chi connectivity index (χ2v) is 9.90. The number of furan rings is 1. The summed E-state index contributed by atoms with van der Waals surface area (Å²) in [5, 5.41) is 11.5. The first-order valence-electron chi connectivity index (χ1n) is 10.6. The summed E-state index contributed by atoms with van der Waals surface area (Å²) in [5.74, 6) is 0.554. The van der Waals surface area contributed by atoms with Crippen molar-refractivity contribution in [2.24, 2.45) is 4.99 Å². The number of nitro benzene ring substituents is 1. The number of aryl methyl sites for hydroxylation is 1. The van der Waals surface area contributed by atoms with Crippen molar-refractivity contribution in [2.75, 3.05) is 0 Å². The smallest absolute Gasteiger partial charge is 0.271 e. The molecule has 7 nitrogen and oxygen atoms in total. The largest absolute Gasteiger partial charge is 0.450 e. The van der Waals surface area contributed by atoms with Gasteiger partial charge in [0.25, 0.3) is 11.2 Å². The second kappa shape index (κ2) is 8.03. The lowest BCUT2D eigenvalue weighted by atomic mass is 9.83. The number of thiazole rings is 1. The highest BCUT2D eigenvalue weighted by molar-refractivity contribution is 9.10. The molecule has 0 saturated carbocycles. The summed E-state index contributed by atoms with van der Waals surface area (Å²) < 4.78 is 8.31. The van der Waals surface area contributed by atoms with E-state index in [0.717, 1.165) is 29.7 Å². The van der Waals surface area contributed by atoms with Crippen LogP contribution < -0.4 is 14.9 Å². The van der Waals surface area contributed by atoms with Gasteiger partial charge in [0.15, 0.2) is 9.47 Å². The van der Waals surface area contributed by atoms with Crippen LogP contribution in [0.2, 0.25) is 0 Å². The molecule has 168 valence electrons. The average Bonchev–Trinajstić information content (AvgIpc) is 3.40. The number of fused-ring (bicyclic) bond motifs is 3. The Morgan fingerprint density at radius 3 is 2.79 bits per heavy atom. The minimum absolute atomic E-state index is 0.00424. The molecule has 0 spiro atoms. The predicted octanol–water partition coefficient (Wildman–Crippen LogP) is 4.58. The third kappa shape index (κ3) is 3.39. The molecule has 1 aliphatic carbocycles. The van der Waals surface area contributed by atoms with Gasteiger partial charge in [0.1, 0.15) is 5.76 Å². The van der Waals surface area contributed by atoms with Crippen LogP contribution in [0.5, 0.6) is 0 Å². The minimum Gasteiger partial charge on any atom is -0.450 e. The Labute approximate surface area is 205 Å². The number of aromatic nitrogens is 1. The van der Waals surface area contributed by atoms with Crippen molar-refractivity contribution in [1.82, 2.24) is 4.57 Å². The molecular weight excluding hydrogens is 518 g/mol. The molecule has 9 heteroatoms. The summed E-state index contributed by atoms with van der Waals surface area (Å²) in [6, 6.07) is 17.8. The summed E-state index contributed by atoms with van der Waals surface area (Å²) in [7, 11) is 0. The molecule has 4 aromatic rings. The molecule has 0 N–H and O–H groups in total. The van der Waals surface area contributed by atoms with Crippen molar-refractivity contribution in [2.45, 2.75) is 18.9 Å². The van der Waals surface area contributed by atoms with Gasteiger partial charge in [-0.25, -0.2) is 4.99 Å². The third-order valence-electron chi connectivity index (χ3n) is 6.14. The highest BCUT2D eigenvalue weighted by Crippen LogP contribution is 2.41. The summed E-state index contributed by atoms with van der Waals surface area (Å²) in [4.78, 5) is 30.2. The fourth-order valence-electron chi connectivity index (χ4n) is 4.67. The van der Waals surface area contributed by atoms with Crippen LogP contribution in [0.25, 0.3) is 11.8 Å². The predicted molar refractivity (Wildman–Crippen MR) is 132 cm³/mol. The molecule has 0 radical (unpaired) electrons. The normalized spacial score (nSPS) is 17.1. The van der Waals surface area contributed by atoms with Gasteiger partial charge in [-0.2, -0.15) is 0 Å². The van der Waals surface area contributed by atoms with Gasteiger partial charge in [0, 0.05) is 23.8 Å². The van der Waals surface area contributed by atoms with E-state index in [4.69, 9.17) is 9.41 Å². The summed E-state index contributed by atoms with van der Waals surface area (Å²) in [6.07, 6.45) is 3.24. The zero-order valence-corrected chi connectivity index (χ0v) is 20.0. The van der Waals surface area contributed by atoms with E-state index in [2.05, 4.69) is 22.0 Å². The number of non-ortho nitro benzene ring substituents is 1. The molecule has 0 bridgehead atoms. The van der Waals surface area contributed by atoms with Crippen molar-refractivity contribution in [1.29, 1.82) is 0 Å². The van der Waals surface area contributed by atoms with E-state index in [1.165, 1.54) is 23.0 Å². The van der Waals surface area contributed by atoms with Gasteiger partial charge in [0.2, 0.25) is 0 Å². The van der Waals surface area contributed by atoms with Gasteiger partial charge in [-0.1, -0.05) is 47.7 Å². The average molecular weight is 534 g/mol. The first-order valence-corrected chi connectivity index (χ1v) is 12.2. The SMILES string of the molecule is O=c1/c(=C\c2ccc(Br)o2)sc2n1[C@@H](c1cccc([N+](=O)[O-])c1)C1=C(N=2)c2ccccc2CC1. The van der Waals surface area contributed by atoms with Gasteiger partial charge in [-0.15, -0.1) is 0 Å². The highest BCUT2D eigenvalue weighted by Gasteiger charge is 2.33. The molecule has 0 amide bonds. The Kier molecular flexibility index (Phi) is 4.96. The molecule has 6 rings (SSSR count). The van der Waals surface area contributed by atoms with E-state index in [-0.39, 0.29) is 11.2 Å². The monoisotopic (exact) mass is 533 g/mol. The van der Waals surface area contributed by atoms with Crippen LogP contribution in [0.4, 0.5) is 5.69 Å². The fraction of sp³-hybridized carbons (Fsp3) is 0.120. The third-order valence-corrected chi connectivity index (χ3v) is 7.55. The summed E-state index contributed by atoms with van der Waals surface area (Å²) in [5.41, 5.74) is 4.61. The fourth-order valence-corrected chi connectivity index (χ4v) is 5.97. The number of allylic oxidation sites excluding steroid dienone is 1. The van der Waals surface area contributed by atoms with E-state index in [1.807, 2.05) is 24.3 Å². The maximum absolute atomic E-state index is 13.6. The van der Waals surface area contributed by atoms with Crippen LogP contribution in [0, 0.1) is 10.1 Å². The molecule has 34 heavy (non-hydrogen) atoms. The van der Waals surface area contributed by atoms with Gasteiger partial charge < -0.3 is 4.42 Å². The molecular formula is C25H16BrN3O4S. The van der Waals surface area contributed by atoms with Crippen LogP contribution in [0.15, 0.2) is 85.1 Å². The van der Waals surface area contributed by atoms with Crippen molar-refractivity contribution in [3.05, 3.63) is 123 Å². The first kappa shape index (κ1) is 21.0. The quantitative estimate of drug-likeness (QED) is 0.284. The van der Waals surface area contributed by atoms with E-state index >= 15 is 0 Å². The Morgan fingerprint density at radius 1 is 1.15 bits per heavy atom. The van der Waals surface area contributed by atoms with E-state index < -0.39 is 11.0 Å². The molecule has 2 aromatic heterocycles. The lowest BCUT2D eigenvalue weighted by Crippen LogP contribution is -2.38. The van der Waals surface area contributed by atoms with E-state index in [1.54, 1.807) is 34.9 Å². The zero-order valence-electron chi connectivity index (χ0n) is 17.6. The van der Waals surface area contributed by atoms with Gasteiger partial charge >= 0.3 is 0 Å². The van der Waals surface area contributed by atoms with Crippen molar-refractivity contribution >= 4 is 44.7 Å². The van der Waals surface area contributed by atoms with Crippen LogP contribution >= 0.6 is 27.3 Å². The van der Waals surface area contributed by atoms with Gasteiger partial charge in [-0.05, 0) is 57.6 Å². The first-order chi connectivity index (χ1) is 16.5. The van der Waals surface area contributed by atoms with Crippen LogP contribution in [0.3, 0.4) is 0 Å². The molecule has 2 aromatic carbocycles. The molecule has 1 atom stereocenters. The maximum Gasteiger partial charge on any atom is 0.271 e. The van der Waals surface area contributed by atoms with Gasteiger partial charge in [0.05, 0.1) is 21.2 Å². The Balaban J connectivity index is 1.64. The Bertz CT molecular complexity index is 1700. The molecule has 3 heterocycles. The Hall–Kier alpha value is -3.56. The molecule has 0 unspecified atom stereocenters. The van der Waals surface area contributed by atoms with Crippen LogP contribution in [0.1, 0.15) is 34.9 Å². The van der Waals surface area contributed by atoms with Crippen molar-refractivity contribution in [3.63, 3.8) is 0 Å². The molecule has 2 aliphatic rings. The zero-order chi connectivity index (χ0) is 23.4. The highest BCUT2D eigenvalue weighted by atomic mass is 79.9. The van der Waals surface area contributed by atoms with E-state index in [0.29, 0.717) is 25.3 Å². The molecule has 1 aliphatic heterocycles. The number of halogens is 1. The van der Waals surface area contributed by atoms with Gasteiger partial charge in [-0.3, -0.25) is 19.5 Å². The number of hydrogen-bond donors (Lipinski definition) is 0. The Morgan fingerprint density at radius 2 is 2.00 bits per heavy atom. The topological polar surface area (TPSA) is 90.6 Å². The second-order valence-electron chi connectivity index (χ2n) is 8.11. The summed E-state index contributed by atoms with van der Waals surface area (Å²) >= 11 is 4.58. The van der Waals surface area contributed by atoms with E-state index in [9.17, 15) is 14.9 Å².